The molecule has 5 nitrogen and oxygen atoms in total. The number of carbonyl (C=O) groups excluding carboxylic acids is 3. The predicted molar refractivity (Wildman–Crippen MR) is 107 cm³/mol. The predicted octanol–water partition coefficient (Wildman–Crippen LogP) is 4.07. The van der Waals surface area contributed by atoms with Gasteiger partial charge in [0.15, 0.2) is 0 Å². The minimum Gasteiger partial charge on any atom is -0.481 e. The molecule has 8 atom stereocenters. The summed E-state index contributed by atoms with van der Waals surface area (Å²) in [4.78, 5) is 50.0. The SMILES string of the molecule is C[C@@H](CCC(=O)O)[C@@H]1CC[C@@H]2[C@H]3C(=O)C[C@H]4CC(=O)CC[C@]4(C)[C@H]3CC(=O)[C@]21C. The van der Waals surface area contributed by atoms with E-state index < -0.39 is 11.4 Å². The lowest BCUT2D eigenvalue weighted by Gasteiger charge is -2.58. The van der Waals surface area contributed by atoms with Crippen molar-refractivity contribution >= 4 is 23.3 Å². The first-order valence-electron chi connectivity index (χ1n) is 11.4. The molecule has 29 heavy (non-hydrogen) atoms. The van der Waals surface area contributed by atoms with Gasteiger partial charge in [-0.05, 0) is 60.7 Å². The van der Waals surface area contributed by atoms with Crippen LogP contribution in [0, 0.1) is 46.3 Å². The van der Waals surface area contributed by atoms with E-state index in [1.807, 2.05) is 0 Å². The Morgan fingerprint density at radius 2 is 1.83 bits per heavy atom. The molecule has 4 fully saturated rings. The van der Waals surface area contributed by atoms with E-state index in [1.165, 1.54) is 0 Å². The minimum absolute atomic E-state index is 0.0659. The van der Waals surface area contributed by atoms with E-state index in [9.17, 15) is 19.2 Å². The number of carbonyl (C=O) groups is 4. The number of carboxylic acids is 1. The van der Waals surface area contributed by atoms with Gasteiger partial charge in [-0.3, -0.25) is 19.2 Å². The second-order valence-corrected chi connectivity index (χ2v) is 10.9. The molecule has 5 heteroatoms. The van der Waals surface area contributed by atoms with Crippen LogP contribution in [0.2, 0.25) is 0 Å². The van der Waals surface area contributed by atoms with Crippen LogP contribution in [0.1, 0.15) is 78.6 Å². The third-order valence-electron chi connectivity index (χ3n) is 9.72. The first-order chi connectivity index (χ1) is 13.6. The molecule has 0 aromatic carbocycles. The highest BCUT2D eigenvalue weighted by Gasteiger charge is 2.66. The van der Waals surface area contributed by atoms with Gasteiger partial charge in [0, 0.05) is 43.4 Å². The number of ketones is 3. The molecule has 0 unspecified atom stereocenters. The summed E-state index contributed by atoms with van der Waals surface area (Å²) in [5, 5.41) is 9.06. The summed E-state index contributed by atoms with van der Waals surface area (Å²) in [6, 6.07) is 0. The molecule has 0 aliphatic heterocycles. The van der Waals surface area contributed by atoms with Crippen molar-refractivity contribution in [2.75, 3.05) is 0 Å². The number of hydrogen-bond donors (Lipinski definition) is 1. The number of carboxylic acid groups (broad SMARTS) is 1. The second-order valence-electron chi connectivity index (χ2n) is 10.9. The summed E-state index contributed by atoms with van der Waals surface area (Å²) in [5.41, 5.74) is -0.598. The van der Waals surface area contributed by atoms with Gasteiger partial charge in [-0.15, -0.1) is 0 Å². The fraction of sp³-hybridized carbons (Fsp3) is 0.833. The zero-order valence-corrected chi connectivity index (χ0v) is 17.9. The van der Waals surface area contributed by atoms with Crippen LogP contribution in [0.3, 0.4) is 0 Å². The van der Waals surface area contributed by atoms with E-state index in [0.29, 0.717) is 32.1 Å². The Labute approximate surface area is 173 Å². The van der Waals surface area contributed by atoms with Gasteiger partial charge >= 0.3 is 5.97 Å². The van der Waals surface area contributed by atoms with Gasteiger partial charge < -0.3 is 5.11 Å². The summed E-state index contributed by atoms with van der Waals surface area (Å²) < 4.78 is 0. The van der Waals surface area contributed by atoms with E-state index in [-0.39, 0.29) is 64.7 Å². The molecule has 0 bridgehead atoms. The van der Waals surface area contributed by atoms with Crippen LogP contribution >= 0.6 is 0 Å². The lowest BCUT2D eigenvalue weighted by atomic mass is 9.44. The Hall–Kier alpha value is -1.52. The molecule has 0 saturated heterocycles. The van der Waals surface area contributed by atoms with Crippen molar-refractivity contribution in [3.63, 3.8) is 0 Å². The van der Waals surface area contributed by atoms with E-state index in [1.54, 1.807) is 0 Å². The molecule has 0 spiro atoms. The summed E-state index contributed by atoms with van der Waals surface area (Å²) in [7, 11) is 0. The normalized spacial score (nSPS) is 45.3. The Kier molecular flexibility index (Phi) is 5.02. The van der Waals surface area contributed by atoms with Crippen LogP contribution in [-0.2, 0) is 19.2 Å². The minimum atomic E-state index is -0.792. The highest BCUT2D eigenvalue weighted by Crippen LogP contribution is 2.66. The standard InChI is InChI=1S/C24H34O5/c1-13(4-7-21(28)29)16-5-6-17-22-18(12-20(27)24(16,17)3)23(2)9-8-15(25)10-14(23)11-19(22)26/h13-14,16-18,22H,4-12H2,1-3H3,(H,28,29)/t13-,14+,16-,17+,18-,22+,23-,24-/m0/s1. The first kappa shape index (κ1) is 20.7. The van der Waals surface area contributed by atoms with Crippen molar-refractivity contribution in [3.05, 3.63) is 0 Å². The number of Topliss-reactive ketones (excluding diaryl/α,β-unsaturated/α-hetero) is 3. The fourth-order valence-corrected chi connectivity index (χ4v) is 7.94. The van der Waals surface area contributed by atoms with E-state index in [4.69, 9.17) is 5.11 Å². The molecular formula is C24H34O5. The van der Waals surface area contributed by atoms with Crippen LogP contribution in [0.25, 0.3) is 0 Å². The summed E-state index contributed by atoms with van der Waals surface area (Å²) >= 11 is 0. The molecule has 4 aliphatic carbocycles. The van der Waals surface area contributed by atoms with Crippen molar-refractivity contribution < 1.29 is 24.3 Å². The Balaban J connectivity index is 1.63. The fourth-order valence-electron chi connectivity index (χ4n) is 7.94. The Bertz CT molecular complexity index is 756. The molecule has 4 aliphatic rings. The third kappa shape index (κ3) is 3.02. The lowest BCUT2D eigenvalue weighted by Crippen LogP contribution is -2.60. The van der Waals surface area contributed by atoms with Gasteiger partial charge in [0.2, 0.25) is 0 Å². The first-order valence-corrected chi connectivity index (χ1v) is 11.4. The Morgan fingerprint density at radius 3 is 2.52 bits per heavy atom. The third-order valence-corrected chi connectivity index (χ3v) is 9.72. The van der Waals surface area contributed by atoms with E-state index in [0.717, 1.165) is 19.3 Å². The number of fused-ring (bicyclic) bond motifs is 5. The molecule has 0 radical (unpaired) electrons. The summed E-state index contributed by atoms with van der Waals surface area (Å²) in [6.45, 7) is 6.37. The van der Waals surface area contributed by atoms with E-state index in [2.05, 4.69) is 20.8 Å². The van der Waals surface area contributed by atoms with Crippen molar-refractivity contribution in [2.45, 2.75) is 78.6 Å². The molecule has 0 aromatic rings. The van der Waals surface area contributed by atoms with Gasteiger partial charge in [-0.25, -0.2) is 0 Å². The van der Waals surface area contributed by atoms with Crippen molar-refractivity contribution in [2.24, 2.45) is 46.3 Å². The van der Waals surface area contributed by atoms with Gasteiger partial charge in [0.1, 0.15) is 17.3 Å². The molecule has 160 valence electrons. The highest BCUT2D eigenvalue weighted by molar-refractivity contribution is 5.93. The van der Waals surface area contributed by atoms with Gasteiger partial charge in [0.05, 0.1) is 0 Å². The van der Waals surface area contributed by atoms with Crippen molar-refractivity contribution in [1.29, 1.82) is 0 Å². The van der Waals surface area contributed by atoms with Gasteiger partial charge in [-0.2, -0.15) is 0 Å². The topological polar surface area (TPSA) is 88.5 Å². The maximum Gasteiger partial charge on any atom is 0.303 e. The average Bonchev–Trinajstić information content (AvgIpc) is 3.01. The summed E-state index contributed by atoms with van der Waals surface area (Å²) in [5.74, 6) is 0.524. The van der Waals surface area contributed by atoms with Crippen LogP contribution in [0.15, 0.2) is 0 Å². The smallest absolute Gasteiger partial charge is 0.303 e. The second kappa shape index (κ2) is 7.02. The van der Waals surface area contributed by atoms with Crippen LogP contribution in [0.4, 0.5) is 0 Å². The maximum absolute atomic E-state index is 13.6. The molecule has 1 N–H and O–H groups in total. The Morgan fingerprint density at radius 1 is 1.10 bits per heavy atom. The zero-order chi connectivity index (χ0) is 21.1. The highest BCUT2D eigenvalue weighted by atomic mass is 16.4. The molecule has 0 aromatic heterocycles. The number of hydrogen-bond acceptors (Lipinski definition) is 4. The quantitative estimate of drug-likeness (QED) is 0.766. The number of rotatable bonds is 4. The van der Waals surface area contributed by atoms with Crippen molar-refractivity contribution in [3.8, 4) is 0 Å². The molecule has 4 saturated carbocycles. The van der Waals surface area contributed by atoms with Gasteiger partial charge in [0.25, 0.3) is 0 Å². The summed E-state index contributed by atoms with van der Waals surface area (Å²) in [6.07, 6.45) is 5.33. The maximum atomic E-state index is 13.6. The van der Waals surface area contributed by atoms with Crippen LogP contribution in [0.5, 0.6) is 0 Å². The van der Waals surface area contributed by atoms with Crippen molar-refractivity contribution in [1.82, 2.24) is 0 Å². The zero-order valence-electron chi connectivity index (χ0n) is 17.9. The van der Waals surface area contributed by atoms with E-state index >= 15 is 0 Å². The monoisotopic (exact) mass is 402 g/mol. The lowest BCUT2D eigenvalue weighted by molar-refractivity contribution is -0.166. The largest absolute Gasteiger partial charge is 0.481 e. The molecule has 0 amide bonds. The van der Waals surface area contributed by atoms with Crippen LogP contribution < -0.4 is 0 Å². The molecule has 4 rings (SSSR count). The number of aliphatic carboxylic acids is 1. The average molecular weight is 403 g/mol. The molecular weight excluding hydrogens is 368 g/mol. The molecule has 0 heterocycles. The van der Waals surface area contributed by atoms with Crippen LogP contribution in [-0.4, -0.2) is 28.4 Å². The van der Waals surface area contributed by atoms with Gasteiger partial charge in [-0.1, -0.05) is 20.8 Å².